The highest BCUT2D eigenvalue weighted by molar-refractivity contribution is 7.91. The number of aliphatic hydroxyl groups is 1. The Morgan fingerprint density at radius 1 is 1.26 bits per heavy atom. The van der Waals surface area contributed by atoms with Crippen LogP contribution in [0.2, 0.25) is 0 Å². The summed E-state index contributed by atoms with van der Waals surface area (Å²) >= 11 is 1.05. The highest BCUT2D eigenvalue weighted by Crippen LogP contribution is 2.60. The smallest absolute Gasteiger partial charge is 0.477 e. The topological polar surface area (TPSA) is 165 Å². The molecule has 3 aliphatic rings. The van der Waals surface area contributed by atoms with Crippen LogP contribution in [-0.4, -0.2) is 82.1 Å². The van der Waals surface area contributed by atoms with Crippen LogP contribution >= 0.6 is 11.3 Å². The Hall–Kier alpha value is -2.97. The van der Waals surface area contributed by atoms with E-state index in [4.69, 9.17) is 9.47 Å². The molecule has 2 N–H and O–H groups in total. The minimum atomic E-state index is -3.66. The second-order valence-electron chi connectivity index (χ2n) is 12.8. The second kappa shape index (κ2) is 11.2. The van der Waals surface area contributed by atoms with Crippen LogP contribution in [0, 0.1) is 29.1 Å². The number of hydrogen-bond donors (Lipinski definition) is 2. The van der Waals surface area contributed by atoms with Gasteiger partial charge in [0, 0.05) is 23.4 Å². The van der Waals surface area contributed by atoms with Gasteiger partial charge in [0.15, 0.2) is 14.9 Å². The zero-order valence-corrected chi connectivity index (χ0v) is 26.8. The van der Waals surface area contributed by atoms with Crippen molar-refractivity contribution in [2.24, 2.45) is 29.1 Å². The van der Waals surface area contributed by atoms with Crippen molar-refractivity contribution in [2.45, 2.75) is 83.6 Å². The van der Waals surface area contributed by atoms with Gasteiger partial charge in [0.25, 0.3) is 0 Å². The van der Waals surface area contributed by atoms with Crippen molar-refractivity contribution in [3.05, 3.63) is 23.1 Å². The summed E-state index contributed by atoms with van der Waals surface area (Å²) in [6.45, 7) is 9.52. The first-order chi connectivity index (χ1) is 20.1. The molecule has 1 amide bonds. The van der Waals surface area contributed by atoms with Gasteiger partial charge in [-0.25, -0.2) is 23.0 Å². The number of rotatable bonds is 9. The number of sulfone groups is 1. The number of β-lactam (4-membered cyclic amide) rings is 1. The molecular formula is C29H39N3O9S2. The predicted octanol–water partition coefficient (Wildman–Crippen LogP) is 3.83. The van der Waals surface area contributed by atoms with E-state index in [1.807, 2.05) is 0 Å². The van der Waals surface area contributed by atoms with E-state index >= 15 is 0 Å². The number of carboxylic acid groups (broad SMARTS) is 1. The SMILES string of the molecule is CC(C)C1CC[C@@H](C)CC1OC(=O)OCC[C@@]1(C)C(c2cn3cnc(S(C)(=O)=O)c3s2)=C(C(=O)O)N2C(=O)[C@H]([C@@H](C)O)[C@@H]21. The van der Waals surface area contributed by atoms with Crippen molar-refractivity contribution < 1.29 is 42.5 Å². The fraction of sp³-hybridized carbons (Fsp3) is 0.655. The number of aliphatic hydroxyl groups excluding tert-OH is 1. The fourth-order valence-corrected chi connectivity index (χ4v) is 9.63. The quantitative estimate of drug-likeness (QED) is 0.305. The van der Waals surface area contributed by atoms with Gasteiger partial charge in [0.1, 0.15) is 23.0 Å². The van der Waals surface area contributed by atoms with Crippen molar-refractivity contribution in [1.29, 1.82) is 0 Å². The van der Waals surface area contributed by atoms with Gasteiger partial charge in [0.05, 0.1) is 29.5 Å². The van der Waals surface area contributed by atoms with Crippen molar-refractivity contribution >= 4 is 49.6 Å². The van der Waals surface area contributed by atoms with Crippen LogP contribution in [0.1, 0.15) is 65.2 Å². The molecule has 2 aliphatic heterocycles. The predicted molar refractivity (Wildman–Crippen MR) is 157 cm³/mol. The lowest BCUT2D eigenvalue weighted by atomic mass is 9.66. The number of carbonyl (C=O) groups excluding carboxylic acids is 2. The van der Waals surface area contributed by atoms with Crippen molar-refractivity contribution in [2.75, 3.05) is 12.9 Å². The third-order valence-corrected chi connectivity index (χ3v) is 11.6. The lowest BCUT2D eigenvalue weighted by molar-refractivity contribution is -0.167. The molecule has 2 aromatic heterocycles. The Morgan fingerprint density at radius 2 is 1.95 bits per heavy atom. The standard InChI is InChI=1S/C29H39N3O9S2/c1-14(2)17-8-7-15(3)11-18(17)41-28(37)40-10-9-29(5)21(19-12-31-13-30-24(26(31)42-19)43(6,38)39)22(27(35)36)32-23(29)20(16(4)33)25(32)34/h12-18,20,23,33H,7-11H2,1-6H3,(H,35,36)/t15-,16-,17?,18?,20-,23-,29+/m1/s1. The summed E-state index contributed by atoms with van der Waals surface area (Å²) in [5.41, 5.74) is -0.982. The lowest BCUT2D eigenvalue weighted by Gasteiger charge is -2.50. The molecule has 236 valence electrons. The number of thiazole rings is 1. The Labute approximate surface area is 254 Å². The molecule has 12 nitrogen and oxygen atoms in total. The summed E-state index contributed by atoms with van der Waals surface area (Å²) in [7, 11) is -3.66. The van der Waals surface area contributed by atoms with Crippen LogP contribution in [0.25, 0.3) is 10.4 Å². The second-order valence-corrected chi connectivity index (χ2v) is 15.8. The molecule has 1 saturated heterocycles. The van der Waals surface area contributed by atoms with E-state index in [2.05, 4.69) is 25.8 Å². The fourth-order valence-electron chi connectivity index (χ4n) is 7.23. The molecule has 2 aromatic rings. The van der Waals surface area contributed by atoms with Gasteiger partial charge in [-0.3, -0.25) is 9.20 Å². The third kappa shape index (κ3) is 5.35. The normalized spacial score (nSPS) is 30.0. The van der Waals surface area contributed by atoms with Gasteiger partial charge in [-0.15, -0.1) is 11.3 Å². The molecule has 1 aliphatic carbocycles. The first-order valence-corrected chi connectivity index (χ1v) is 17.3. The average molecular weight is 638 g/mol. The summed E-state index contributed by atoms with van der Waals surface area (Å²) in [5.74, 6) is -1.68. The summed E-state index contributed by atoms with van der Waals surface area (Å²) in [5, 5.41) is 20.7. The van der Waals surface area contributed by atoms with E-state index in [1.54, 1.807) is 13.1 Å². The van der Waals surface area contributed by atoms with Crippen molar-refractivity contribution in [3.8, 4) is 0 Å². The molecule has 14 heteroatoms. The molecule has 0 radical (unpaired) electrons. The molecule has 0 bridgehead atoms. The molecular weight excluding hydrogens is 598 g/mol. The van der Waals surface area contributed by atoms with E-state index in [1.165, 1.54) is 22.6 Å². The zero-order chi connectivity index (χ0) is 31.6. The maximum absolute atomic E-state index is 13.2. The van der Waals surface area contributed by atoms with Gasteiger partial charge in [-0.2, -0.15) is 0 Å². The van der Waals surface area contributed by atoms with Gasteiger partial charge in [0.2, 0.25) is 5.91 Å². The number of carboxylic acids is 1. The molecule has 1 saturated carbocycles. The Kier molecular flexibility index (Phi) is 8.18. The molecule has 2 fully saturated rings. The summed E-state index contributed by atoms with van der Waals surface area (Å²) in [6, 6.07) is -0.709. The largest absolute Gasteiger partial charge is 0.508 e. The summed E-state index contributed by atoms with van der Waals surface area (Å²) in [4.78, 5) is 44.6. The number of fused-ring (bicyclic) bond motifs is 2. The molecule has 0 spiro atoms. The average Bonchev–Trinajstić information content (AvgIpc) is 3.52. The lowest BCUT2D eigenvalue weighted by Crippen LogP contribution is -2.66. The van der Waals surface area contributed by atoms with Crippen molar-refractivity contribution in [3.63, 3.8) is 0 Å². The molecule has 43 heavy (non-hydrogen) atoms. The maximum Gasteiger partial charge on any atom is 0.508 e. The number of carbonyl (C=O) groups is 3. The monoisotopic (exact) mass is 637 g/mol. The third-order valence-electron chi connectivity index (χ3n) is 9.39. The van der Waals surface area contributed by atoms with Crippen LogP contribution < -0.4 is 0 Å². The summed E-state index contributed by atoms with van der Waals surface area (Å²) in [6.07, 6.45) is 4.83. The molecule has 4 heterocycles. The van der Waals surface area contributed by atoms with E-state index < -0.39 is 51.3 Å². The summed E-state index contributed by atoms with van der Waals surface area (Å²) < 4.78 is 37.5. The van der Waals surface area contributed by atoms with Gasteiger partial charge in [-0.1, -0.05) is 34.1 Å². The Balaban J connectivity index is 1.46. The number of amides is 1. The number of imidazole rings is 1. The van der Waals surface area contributed by atoms with Crippen LogP contribution in [-0.2, 0) is 28.9 Å². The zero-order valence-electron chi connectivity index (χ0n) is 25.1. The molecule has 0 aromatic carbocycles. The van der Waals surface area contributed by atoms with E-state index in [0.29, 0.717) is 27.1 Å². The van der Waals surface area contributed by atoms with Crippen LogP contribution in [0.15, 0.2) is 23.2 Å². The minimum Gasteiger partial charge on any atom is -0.477 e. The van der Waals surface area contributed by atoms with Crippen molar-refractivity contribution in [1.82, 2.24) is 14.3 Å². The number of hydrogen-bond acceptors (Lipinski definition) is 10. The Bertz CT molecular complexity index is 1590. The number of aromatic nitrogens is 2. The highest BCUT2D eigenvalue weighted by Gasteiger charge is 2.66. The van der Waals surface area contributed by atoms with E-state index in [-0.39, 0.29) is 35.8 Å². The van der Waals surface area contributed by atoms with Gasteiger partial charge in [-0.05, 0) is 43.9 Å². The van der Waals surface area contributed by atoms with E-state index in [0.717, 1.165) is 36.9 Å². The van der Waals surface area contributed by atoms with Crippen LogP contribution in [0.4, 0.5) is 4.79 Å². The first kappa shape index (κ1) is 31.5. The van der Waals surface area contributed by atoms with Gasteiger partial charge >= 0.3 is 12.1 Å². The van der Waals surface area contributed by atoms with E-state index in [9.17, 15) is 33.0 Å². The number of nitrogens with zero attached hydrogens (tertiary/aromatic N) is 3. The number of aliphatic carboxylic acids is 1. The maximum atomic E-state index is 13.2. The Morgan fingerprint density at radius 3 is 2.56 bits per heavy atom. The first-order valence-electron chi connectivity index (χ1n) is 14.6. The molecule has 5 rings (SSSR count). The van der Waals surface area contributed by atoms with Gasteiger partial charge < -0.3 is 24.6 Å². The highest BCUT2D eigenvalue weighted by atomic mass is 32.2. The minimum absolute atomic E-state index is 0.119. The molecule has 7 atom stereocenters. The van der Waals surface area contributed by atoms with Crippen LogP contribution in [0.5, 0.6) is 0 Å². The molecule has 2 unspecified atom stereocenters. The van der Waals surface area contributed by atoms with Crippen LogP contribution in [0.3, 0.4) is 0 Å². The number of ether oxygens (including phenoxy) is 2.